The molecule has 0 bridgehead atoms. The molecular weight excluding hydrogens is 481 g/mol. The molecule has 0 aliphatic carbocycles. The number of benzene rings is 1. The normalized spacial score (nSPS) is 16.7. The number of nitrogens with zero attached hydrogens (tertiary/aromatic N) is 1. The fourth-order valence-electron chi connectivity index (χ4n) is 2.74. The van der Waals surface area contributed by atoms with Gasteiger partial charge in [0, 0.05) is 44.3 Å². The van der Waals surface area contributed by atoms with Crippen molar-refractivity contribution < 1.29 is 14.2 Å². The van der Waals surface area contributed by atoms with Crippen LogP contribution >= 0.6 is 35.6 Å². The number of nitrogens with one attached hydrogen (secondary N) is 2. The lowest BCUT2D eigenvalue weighted by molar-refractivity contribution is 0.0888. The van der Waals surface area contributed by atoms with E-state index in [1.54, 1.807) is 14.2 Å². The Bertz CT molecular complexity index is 569. The highest BCUT2D eigenvalue weighted by atomic mass is 127. The molecule has 1 unspecified atom stereocenters. The van der Waals surface area contributed by atoms with Crippen LogP contribution in [0.4, 0.5) is 0 Å². The monoisotopic (exact) mass is 511 g/mol. The topological polar surface area (TPSA) is 64.1 Å². The zero-order chi connectivity index (χ0) is 18.6. The Morgan fingerprint density at radius 3 is 2.81 bits per heavy atom. The van der Waals surface area contributed by atoms with Crippen molar-refractivity contribution in [3.05, 3.63) is 28.8 Å². The summed E-state index contributed by atoms with van der Waals surface area (Å²) in [6.45, 7) is 4.85. The van der Waals surface area contributed by atoms with Crippen molar-refractivity contribution in [1.29, 1.82) is 0 Å². The highest BCUT2D eigenvalue weighted by molar-refractivity contribution is 14.0. The van der Waals surface area contributed by atoms with E-state index in [1.165, 1.54) is 0 Å². The second-order valence-electron chi connectivity index (χ2n) is 6.29. The minimum Gasteiger partial charge on any atom is -0.497 e. The quantitative estimate of drug-likeness (QED) is 0.219. The van der Waals surface area contributed by atoms with E-state index in [0.29, 0.717) is 5.92 Å². The van der Waals surface area contributed by atoms with E-state index in [4.69, 9.17) is 25.8 Å². The lowest BCUT2D eigenvalue weighted by Gasteiger charge is -2.13. The average molecular weight is 512 g/mol. The molecule has 27 heavy (non-hydrogen) atoms. The van der Waals surface area contributed by atoms with Gasteiger partial charge in [-0.05, 0) is 37.0 Å². The van der Waals surface area contributed by atoms with Crippen LogP contribution < -0.4 is 15.4 Å². The molecule has 0 radical (unpaired) electrons. The first kappa shape index (κ1) is 24.3. The van der Waals surface area contributed by atoms with Crippen LogP contribution in [0.3, 0.4) is 0 Å². The molecule has 2 N–H and O–H groups in total. The summed E-state index contributed by atoms with van der Waals surface area (Å²) in [5.41, 5.74) is 1.08. The number of methoxy groups -OCH3 is 1. The third kappa shape index (κ3) is 9.32. The third-order valence-electron chi connectivity index (χ3n) is 4.31. The predicted molar refractivity (Wildman–Crippen MR) is 121 cm³/mol. The Morgan fingerprint density at radius 2 is 2.15 bits per heavy atom. The van der Waals surface area contributed by atoms with Crippen molar-refractivity contribution >= 4 is 41.5 Å². The van der Waals surface area contributed by atoms with E-state index in [-0.39, 0.29) is 24.0 Å². The van der Waals surface area contributed by atoms with Gasteiger partial charge in [-0.2, -0.15) is 0 Å². The van der Waals surface area contributed by atoms with Crippen LogP contribution in [-0.4, -0.2) is 59.6 Å². The fraction of sp³-hybridized carbons (Fsp3) is 0.632. The van der Waals surface area contributed by atoms with E-state index in [9.17, 15) is 0 Å². The number of rotatable bonds is 10. The van der Waals surface area contributed by atoms with Gasteiger partial charge in [-0.1, -0.05) is 17.7 Å². The second kappa shape index (κ2) is 14.3. The zero-order valence-corrected chi connectivity index (χ0v) is 19.2. The summed E-state index contributed by atoms with van der Waals surface area (Å²) in [7, 11) is 3.41. The van der Waals surface area contributed by atoms with Crippen LogP contribution in [0.5, 0.6) is 5.75 Å². The Labute approximate surface area is 184 Å². The van der Waals surface area contributed by atoms with Crippen molar-refractivity contribution in [2.45, 2.75) is 19.3 Å². The molecule has 6 nitrogen and oxygen atoms in total. The standard InChI is InChI=1S/C19H30ClN3O3.HI/c1-21-19(22-8-3-10-25-13-15-7-11-26-14-15)23-9-6-16-4-5-17(24-2)12-18(16)20;/h4-5,12,15H,3,6-11,13-14H2,1-2H3,(H2,21,22,23);1H. The maximum Gasteiger partial charge on any atom is 0.190 e. The molecule has 0 spiro atoms. The summed E-state index contributed by atoms with van der Waals surface area (Å²) in [6, 6.07) is 5.75. The van der Waals surface area contributed by atoms with Gasteiger partial charge in [0.05, 0.1) is 20.3 Å². The minimum absolute atomic E-state index is 0. The van der Waals surface area contributed by atoms with Crippen LogP contribution in [0.25, 0.3) is 0 Å². The number of guanidine groups is 1. The molecule has 1 aliphatic rings. The average Bonchev–Trinajstić information content (AvgIpc) is 3.17. The lowest BCUT2D eigenvalue weighted by Crippen LogP contribution is -2.39. The first-order chi connectivity index (χ1) is 12.7. The van der Waals surface area contributed by atoms with Crippen molar-refractivity contribution in [2.75, 3.05) is 53.7 Å². The zero-order valence-electron chi connectivity index (χ0n) is 16.1. The van der Waals surface area contributed by atoms with Crippen molar-refractivity contribution in [1.82, 2.24) is 10.6 Å². The highest BCUT2D eigenvalue weighted by Gasteiger charge is 2.15. The summed E-state index contributed by atoms with van der Waals surface area (Å²) < 4.78 is 16.2. The Hall–Kier alpha value is -0.770. The van der Waals surface area contributed by atoms with Gasteiger partial charge in [0.25, 0.3) is 0 Å². The van der Waals surface area contributed by atoms with Crippen LogP contribution in [0.2, 0.25) is 5.02 Å². The SMILES string of the molecule is CN=C(NCCCOCC1CCOC1)NCCc1ccc(OC)cc1Cl.I. The summed E-state index contributed by atoms with van der Waals surface area (Å²) >= 11 is 6.26. The molecule has 0 aromatic heterocycles. The van der Waals surface area contributed by atoms with Crippen LogP contribution in [0, 0.1) is 5.92 Å². The largest absolute Gasteiger partial charge is 0.497 e. The minimum atomic E-state index is 0. The van der Waals surface area contributed by atoms with Gasteiger partial charge in [-0.3, -0.25) is 4.99 Å². The van der Waals surface area contributed by atoms with Crippen LogP contribution in [0.15, 0.2) is 23.2 Å². The summed E-state index contributed by atoms with van der Waals surface area (Å²) in [4.78, 5) is 4.23. The highest BCUT2D eigenvalue weighted by Crippen LogP contribution is 2.22. The molecule has 1 atom stereocenters. The van der Waals surface area contributed by atoms with E-state index >= 15 is 0 Å². The maximum atomic E-state index is 6.26. The molecule has 1 saturated heterocycles. The molecule has 1 fully saturated rings. The molecular formula is C19H31ClIN3O3. The van der Waals surface area contributed by atoms with Gasteiger partial charge < -0.3 is 24.8 Å². The van der Waals surface area contributed by atoms with Gasteiger partial charge >= 0.3 is 0 Å². The maximum absolute atomic E-state index is 6.26. The lowest BCUT2D eigenvalue weighted by atomic mass is 10.1. The van der Waals surface area contributed by atoms with Crippen LogP contribution in [0.1, 0.15) is 18.4 Å². The fourth-order valence-corrected chi connectivity index (χ4v) is 3.00. The van der Waals surface area contributed by atoms with Crippen molar-refractivity contribution in [3.63, 3.8) is 0 Å². The molecule has 154 valence electrons. The molecule has 1 heterocycles. The molecule has 0 saturated carbocycles. The Kier molecular flexibility index (Phi) is 12.8. The molecule has 8 heteroatoms. The number of aliphatic imine (C=N–C) groups is 1. The smallest absolute Gasteiger partial charge is 0.190 e. The van der Waals surface area contributed by atoms with E-state index in [0.717, 1.165) is 81.1 Å². The van der Waals surface area contributed by atoms with Gasteiger partial charge in [-0.15, -0.1) is 24.0 Å². The summed E-state index contributed by atoms with van der Waals surface area (Å²) in [5, 5.41) is 7.32. The van der Waals surface area contributed by atoms with Crippen LogP contribution in [-0.2, 0) is 15.9 Å². The molecule has 1 aliphatic heterocycles. The Balaban J connectivity index is 0.00000364. The van der Waals surface area contributed by atoms with E-state index < -0.39 is 0 Å². The summed E-state index contributed by atoms with van der Waals surface area (Å²) in [5.74, 6) is 2.13. The van der Waals surface area contributed by atoms with Gasteiger partial charge in [0.15, 0.2) is 5.96 Å². The van der Waals surface area contributed by atoms with Gasteiger partial charge in [0.2, 0.25) is 0 Å². The number of ether oxygens (including phenoxy) is 3. The summed E-state index contributed by atoms with van der Waals surface area (Å²) in [6.07, 6.45) is 2.88. The van der Waals surface area contributed by atoms with E-state index in [2.05, 4.69) is 15.6 Å². The molecule has 1 aromatic carbocycles. The van der Waals surface area contributed by atoms with Gasteiger partial charge in [0.1, 0.15) is 5.75 Å². The van der Waals surface area contributed by atoms with Crippen molar-refractivity contribution in [2.24, 2.45) is 10.9 Å². The number of halogens is 2. The molecule has 2 rings (SSSR count). The second-order valence-corrected chi connectivity index (χ2v) is 6.70. The molecule has 0 amide bonds. The number of hydrogen-bond acceptors (Lipinski definition) is 4. The predicted octanol–water partition coefficient (Wildman–Crippen LogP) is 3.12. The van der Waals surface area contributed by atoms with Crippen molar-refractivity contribution in [3.8, 4) is 5.75 Å². The first-order valence-electron chi connectivity index (χ1n) is 9.15. The Morgan fingerprint density at radius 1 is 1.33 bits per heavy atom. The third-order valence-corrected chi connectivity index (χ3v) is 4.66. The van der Waals surface area contributed by atoms with Gasteiger partial charge in [-0.25, -0.2) is 0 Å². The number of hydrogen-bond donors (Lipinski definition) is 2. The molecule has 1 aromatic rings. The first-order valence-corrected chi connectivity index (χ1v) is 9.53. The van der Waals surface area contributed by atoms with E-state index in [1.807, 2.05) is 18.2 Å².